The molecule has 1 rings (SSSR count). The van der Waals surface area contributed by atoms with Crippen LogP contribution in [0, 0.1) is 0 Å². The number of rotatable bonds is 0. The second-order valence-corrected chi connectivity index (χ2v) is 5.22. The molecule has 0 atom stereocenters. The van der Waals surface area contributed by atoms with Crippen LogP contribution in [-0.4, -0.2) is 5.92 Å². The van der Waals surface area contributed by atoms with Crippen LogP contribution in [0.2, 0.25) is 4.51 Å². The van der Waals surface area contributed by atoms with Gasteiger partial charge in [-0.3, -0.25) is 0 Å². The molecule has 1 saturated carbocycles. The number of hydrogen-bond acceptors (Lipinski definition) is 0. The summed E-state index contributed by atoms with van der Waals surface area (Å²) in [6.07, 6.45) is 1.79. The Morgan fingerprint density at radius 1 is 1.20 bits per heavy atom. The summed E-state index contributed by atoms with van der Waals surface area (Å²) in [5.41, 5.74) is 0. The van der Waals surface area contributed by atoms with Crippen molar-refractivity contribution in [1.82, 2.24) is 0 Å². The fourth-order valence-electron chi connectivity index (χ4n) is 1.10. The van der Waals surface area contributed by atoms with Crippen LogP contribution in [0.15, 0.2) is 0 Å². The molecule has 0 unspecified atom stereocenters. The van der Waals surface area contributed by atoms with Gasteiger partial charge in [-0.15, -0.1) is 0 Å². The third kappa shape index (κ3) is 3.56. The first-order chi connectivity index (χ1) is 4.10. The van der Waals surface area contributed by atoms with Gasteiger partial charge in [0.05, 0.1) is 0 Å². The van der Waals surface area contributed by atoms with E-state index >= 15 is 0 Å². The molecular weight excluding hydrogens is 302 g/mol. The minimum Gasteiger partial charge on any atom is -1.00 e. The molecule has 1 aliphatic rings. The predicted molar refractivity (Wildman–Crippen MR) is 27.2 cm³/mol. The smallest absolute Gasteiger partial charge is 1.00 e. The van der Waals surface area contributed by atoms with Crippen LogP contribution in [0.4, 0.5) is 8.78 Å². The summed E-state index contributed by atoms with van der Waals surface area (Å²) in [7, 11) is 0. The molecule has 0 bridgehead atoms. The summed E-state index contributed by atoms with van der Waals surface area (Å²) >= 11 is 1.19. The summed E-state index contributed by atoms with van der Waals surface area (Å²) in [6, 6.07) is 0. The van der Waals surface area contributed by atoms with Crippen LogP contribution in [-0.2, 0) is 18.3 Å². The van der Waals surface area contributed by atoms with E-state index in [1.807, 2.05) is 0 Å². The molecular formula is C6H9F2IZn. The van der Waals surface area contributed by atoms with Gasteiger partial charge in [0.2, 0.25) is 0 Å². The SMILES string of the molecule is FC1(F)CC[CH]([Zn+])CC1.[I-]. The molecule has 0 spiro atoms. The fourth-order valence-corrected chi connectivity index (χ4v) is 1.96. The molecule has 0 aliphatic heterocycles. The summed E-state index contributed by atoms with van der Waals surface area (Å²) in [6.45, 7) is 0. The molecule has 0 aromatic carbocycles. The van der Waals surface area contributed by atoms with Crippen molar-refractivity contribution in [2.75, 3.05) is 0 Å². The van der Waals surface area contributed by atoms with Gasteiger partial charge in [0.15, 0.2) is 0 Å². The Labute approximate surface area is 86.8 Å². The van der Waals surface area contributed by atoms with Gasteiger partial charge in [-0.2, -0.15) is 0 Å². The zero-order valence-electron chi connectivity index (χ0n) is 5.75. The zero-order valence-corrected chi connectivity index (χ0v) is 10.9. The van der Waals surface area contributed by atoms with Gasteiger partial charge < -0.3 is 24.0 Å². The van der Waals surface area contributed by atoms with Crippen molar-refractivity contribution < 1.29 is 51.1 Å². The van der Waals surface area contributed by atoms with E-state index in [1.54, 1.807) is 0 Å². The van der Waals surface area contributed by atoms with E-state index in [2.05, 4.69) is 0 Å². The van der Waals surface area contributed by atoms with Crippen LogP contribution >= 0.6 is 0 Å². The maximum Gasteiger partial charge on any atom is -1.00 e. The maximum atomic E-state index is 12.4. The third-order valence-electron chi connectivity index (χ3n) is 1.84. The predicted octanol–water partition coefficient (Wildman–Crippen LogP) is -0.465. The largest absolute Gasteiger partial charge is 1.00 e. The van der Waals surface area contributed by atoms with Crippen LogP contribution in [0.3, 0.4) is 0 Å². The maximum absolute atomic E-state index is 12.4. The Balaban J connectivity index is 0.000000810. The zero-order chi connectivity index (χ0) is 6.91. The van der Waals surface area contributed by atoms with Crippen molar-refractivity contribution >= 4 is 0 Å². The third-order valence-corrected chi connectivity index (χ3v) is 3.55. The number of alkyl halides is 2. The van der Waals surface area contributed by atoms with Crippen LogP contribution in [0.1, 0.15) is 25.7 Å². The topological polar surface area (TPSA) is 0 Å². The summed E-state index contributed by atoms with van der Waals surface area (Å²) < 4.78 is 25.4. The minimum atomic E-state index is -2.32. The first kappa shape index (κ1) is 11.2. The van der Waals surface area contributed by atoms with Crippen molar-refractivity contribution in [1.29, 1.82) is 0 Å². The standard InChI is InChI=1S/C6H9F2.HI.Zn/c7-6(8)4-2-1-3-5-6;;/h1H,2-5H2;1H;/q;;+1/p-1. The second-order valence-electron chi connectivity index (χ2n) is 2.80. The van der Waals surface area contributed by atoms with E-state index in [0.717, 1.165) is 12.8 Å². The first-order valence-corrected chi connectivity index (χ1v) is 5.02. The molecule has 1 aliphatic carbocycles. The van der Waals surface area contributed by atoms with Gasteiger partial charge in [-0.25, -0.2) is 0 Å². The Morgan fingerprint density at radius 2 is 1.60 bits per heavy atom. The average Bonchev–Trinajstić information content (AvgIpc) is 1.78. The first-order valence-electron chi connectivity index (χ1n) is 3.31. The summed E-state index contributed by atoms with van der Waals surface area (Å²) in [5.74, 6) is -2.32. The molecule has 0 N–H and O–H groups in total. The molecule has 0 amide bonds. The van der Waals surface area contributed by atoms with Crippen molar-refractivity contribution in [2.45, 2.75) is 36.1 Å². The van der Waals surface area contributed by atoms with E-state index in [-0.39, 0.29) is 36.8 Å². The molecule has 56 valence electrons. The van der Waals surface area contributed by atoms with Crippen LogP contribution < -0.4 is 24.0 Å². The molecule has 0 radical (unpaired) electrons. The van der Waals surface area contributed by atoms with Gasteiger partial charge in [0.1, 0.15) is 0 Å². The molecule has 0 aromatic heterocycles. The molecule has 0 aromatic rings. The fraction of sp³-hybridized carbons (Fsp3) is 1.00. The van der Waals surface area contributed by atoms with Crippen molar-refractivity contribution in [3.63, 3.8) is 0 Å². The van der Waals surface area contributed by atoms with Crippen LogP contribution in [0.5, 0.6) is 0 Å². The molecule has 0 heterocycles. The van der Waals surface area contributed by atoms with E-state index in [9.17, 15) is 8.78 Å². The van der Waals surface area contributed by atoms with Gasteiger partial charge in [0, 0.05) is 0 Å². The molecule has 1 fully saturated rings. The van der Waals surface area contributed by atoms with Crippen LogP contribution in [0.25, 0.3) is 0 Å². The van der Waals surface area contributed by atoms with Gasteiger partial charge in [-0.05, 0) is 0 Å². The van der Waals surface area contributed by atoms with Gasteiger partial charge in [-0.1, -0.05) is 0 Å². The number of halogens is 3. The summed E-state index contributed by atoms with van der Waals surface area (Å²) in [5, 5.41) is 0. The monoisotopic (exact) mass is 310 g/mol. The minimum absolute atomic E-state index is 0. The Kier molecular flexibility index (Phi) is 4.81. The van der Waals surface area contributed by atoms with Crippen molar-refractivity contribution in [3.05, 3.63) is 0 Å². The normalized spacial score (nSPS) is 25.6. The average molecular weight is 311 g/mol. The number of hydrogen-bond donors (Lipinski definition) is 0. The van der Waals surface area contributed by atoms with Crippen molar-refractivity contribution in [3.8, 4) is 0 Å². The molecule has 10 heavy (non-hydrogen) atoms. The Morgan fingerprint density at radius 3 is 1.90 bits per heavy atom. The van der Waals surface area contributed by atoms with Gasteiger partial charge in [0.25, 0.3) is 0 Å². The van der Waals surface area contributed by atoms with E-state index in [0.29, 0.717) is 4.51 Å². The van der Waals surface area contributed by atoms with E-state index in [1.165, 1.54) is 18.3 Å². The van der Waals surface area contributed by atoms with E-state index < -0.39 is 5.92 Å². The van der Waals surface area contributed by atoms with Crippen molar-refractivity contribution in [2.24, 2.45) is 0 Å². The summed E-state index contributed by atoms with van der Waals surface area (Å²) in [4.78, 5) is 0. The van der Waals surface area contributed by atoms with Gasteiger partial charge >= 0.3 is 63.2 Å². The Bertz CT molecular complexity index is 97.9. The Hall–Kier alpha value is 1.21. The quantitative estimate of drug-likeness (QED) is 0.419. The molecule has 0 nitrogen and oxygen atoms in total. The van der Waals surface area contributed by atoms with E-state index in [4.69, 9.17) is 0 Å². The molecule has 0 saturated heterocycles. The molecule has 4 heteroatoms. The second kappa shape index (κ2) is 4.29.